The summed E-state index contributed by atoms with van der Waals surface area (Å²) in [5.41, 5.74) is -4.35. The first kappa shape index (κ1) is 19.1. The number of esters is 2. The van der Waals surface area contributed by atoms with E-state index in [1.165, 1.54) is 6.92 Å². The number of carbonyl (C=O) groups excluding carboxylic acids is 2. The van der Waals surface area contributed by atoms with Crippen molar-refractivity contribution >= 4 is 11.9 Å². The largest absolute Gasteiger partial charge is 0.462 e. The lowest BCUT2D eigenvalue weighted by Crippen LogP contribution is -2.56. The molecular formula is C19H28O8. The van der Waals surface area contributed by atoms with Gasteiger partial charge < -0.3 is 29.5 Å². The Bertz CT molecular complexity index is 685. The summed E-state index contributed by atoms with van der Waals surface area (Å²) in [5.74, 6) is -3.18. The van der Waals surface area contributed by atoms with Gasteiger partial charge in [-0.25, -0.2) is 0 Å². The second-order valence-electron chi connectivity index (χ2n) is 9.36. The number of hydrogen-bond donors (Lipinski definition) is 3. The van der Waals surface area contributed by atoms with Gasteiger partial charge in [0.05, 0.1) is 29.0 Å². The zero-order valence-electron chi connectivity index (χ0n) is 16.2. The second-order valence-corrected chi connectivity index (χ2v) is 9.36. The van der Waals surface area contributed by atoms with Gasteiger partial charge in [-0.1, -0.05) is 20.8 Å². The van der Waals surface area contributed by atoms with Crippen LogP contribution >= 0.6 is 0 Å². The fourth-order valence-corrected chi connectivity index (χ4v) is 5.67. The van der Waals surface area contributed by atoms with E-state index in [4.69, 9.17) is 14.2 Å². The Labute approximate surface area is 157 Å². The van der Waals surface area contributed by atoms with Crippen molar-refractivity contribution in [2.75, 3.05) is 0 Å². The molecule has 0 aromatic carbocycles. The van der Waals surface area contributed by atoms with Gasteiger partial charge >= 0.3 is 11.9 Å². The van der Waals surface area contributed by atoms with Crippen LogP contribution in [0, 0.1) is 23.7 Å². The molecule has 10 unspecified atom stereocenters. The first-order valence-electron chi connectivity index (χ1n) is 9.58. The van der Waals surface area contributed by atoms with Crippen molar-refractivity contribution in [3.63, 3.8) is 0 Å². The molecule has 8 heteroatoms. The highest BCUT2D eigenvalue weighted by molar-refractivity contribution is 5.76. The van der Waals surface area contributed by atoms with Crippen LogP contribution in [0.15, 0.2) is 0 Å². The molecule has 0 amide bonds. The Hall–Kier alpha value is -1.22. The van der Waals surface area contributed by atoms with Gasteiger partial charge in [-0.2, -0.15) is 0 Å². The Morgan fingerprint density at radius 2 is 1.93 bits per heavy atom. The molecule has 2 saturated carbocycles. The van der Waals surface area contributed by atoms with Gasteiger partial charge in [0.1, 0.15) is 30.0 Å². The molecule has 0 aromatic heterocycles. The summed E-state index contributed by atoms with van der Waals surface area (Å²) in [6.45, 7) is 8.16. The van der Waals surface area contributed by atoms with Gasteiger partial charge in [0.2, 0.25) is 0 Å². The summed E-state index contributed by atoms with van der Waals surface area (Å²) in [5, 5.41) is 32.9. The van der Waals surface area contributed by atoms with Crippen molar-refractivity contribution in [1.29, 1.82) is 0 Å². The Morgan fingerprint density at radius 3 is 2.52 bits per heavy atom. The molecule has 4 fully saturated rings. The van der Waals surface area contributed by atoms with Crippen molar-refractivity contribution < 1.29 is 39.1 Å². The van der Waals surface area contributed by atoms with Gasteiger partial charge in [0.25, 0.3) is 0 Å². The summed E-state index contributed by atoms with van der Waals surface area (Å²) in [6.07, 6.45) is -3.53. The van der Waals surface area contributed by atoms with E-state index in [2.05, 4.69) is 0 Å². The highest BCUT2D eigenvalue weighted by atomic mass is 16.7. The molecule has 10 atom stereocenters. The standard InChI is InChI=1S/C19H28O8/c1-7(2)15(21)25-9-6-17(4,23)19-12(11-10(9)8(3)16(22)26-11)18(5,24)13(20)14(19)27-19/h7-14,20,23-24H,6H2,1-5H3. The van der Waals surface area contributed by atoms with Crippen molar-refractivity contribution in [1.82, 2.24) is 0 Å². The van der Waals surface area contributed by atoms with E-state index in [1.807, 2.05) is 0 Å². The van der Waals surface area contributed by atoms with E-state index in [9.17, 15) is 24.9 Å². The maximum absolute atomic E-state index is 12.4. The molecule has 2 aliphatic carbocycles. The summed E-state index contributed by atoms with van der Waals surface area (Å²) in [6, 6.07) is 0. The molecule has 27 heavy (non-hydrogen) atoms. The lowest BCUT2D eigenvalue weighted by Gasteiger charge is -2.40. The molecule has 4 rings (SSSR count). The van der Waals surface area contributed by atoms with Gasteiger partial charge in [-0.15, -0.1) is 0 Å². The normalized spacial score (nSPS) is 56.0. The second kappa shape index (κ2) is 5.43. The van der Waals surface area contributed by atoms with Gasteiger partial charge in [0, 0.05) is 12.3 Å². The third kappa shape index (κ3) is 2.24. The third-order valence-corrected chi connectivity index (χ3v) is 7.18. The smallest absolute Gasteiger partial charge is 0.309 e. The topological polar surface area (TPSA) is 126 Å². The van der Waals surface area contributed by atoms with Crippen LogP contribution in [0.5, 0.6) is 0 Å². The van der Waals surface area contributed by atoms with Crippen LogP contribution in [0.25, 0.3) is 0 Å². The van der Waals surface area contributed by atoms with Gasteiger partial charge in [0.15, 0.2) is 0 Å². The van der Waals surface area contributed by atoms with Crippen LogP contribution in [-0.2, 0) is 23.8 Å². The van der Waals surface area contributed by atoms with Crippen molar-refractivity contribution in [2.24, 2.45) is 23.7 Å². The summed E-state index contributed by atoms with van der Waals surface area (Å²) < 4.78 is 17.1. The predicted octanol–water partition coefficient (Wildman–Crippen LogP) is -0.234. The minimum atomic E-state index is -1.61. The van der Waals surface area contributed by atoms with E-state index in [-0.39, 0.29) is 12.3 Å². The number of ether oxygens (including phenoxy) is 3. The number of aliphatic hydroxyl groups is 3. The minimum absolute atomic E-state index is 0.0312. The lowest BCUT2D eigenvalue weighted by molar-refractivity contribution is -0.178. The predicted molar refractivity (Wildman–Crippen MR) is 90.2 cm³/mol. The Morgan fingerprint density at radius 1 is 1.30 bits per heavy atom. The summed E-state index contributed by atoms with van der Waals surface area (Å²) in [4.78, 5) is 24.6. The molecule has 2 saturated heterocycles. The highest BCUT2D eigenvalue weighted by Crippen LogP contribution is 2.68. The number of carbonyl (C=O) groups is 2. The number of hydrogen-bond acceptors (Lipinski definition) is 8. The SMILES string of the molecule is CC(C)C(=O)OC1CC(C)(O)C23OC2C(O)C(C)(O)C3C2OC(=O)C(C)C12. The maximum atomic E-state index is 12.4. The van der Waals surface area contributed by atoms with Crippen LogP contribution in [0.2, 0.25) is 0 Å². The Balaban J connectivity index is 1.81. The molecule has 4 aliphatic rings. The number of epoxide rings is 1. The molecule has 8 nitrogen and oxygen atoms in total. The Kier molecular flexibility index (Phi) is 3.85. The number of aliphatic hydroxyl groups excluding tert-OH is 1. The molecule has 2 heterocycles. The molecule has 152 valence electrons. The van der Waals surface area contributed by atoms with Crippen LogP contribution in [0.4, 0.5) is 0 Å². The molecule has 0 radical (unpaired) electrons. The first-order valence-corrected chi connectivity index (χ1v) is 9.58. The highest BCUT2D eigenvalue weighted by Gasteiger charge is 2.87. The first-order chi connectivity index (χ1) is 12.4. The molecule has 3 N–H and O–H groups in total. The van der Waals surface area contributed by atoms with Gasteiger partial charge in [-0.3, -0.25) is 9.59 Å². The van der Waals surface area contributed by atoms with E-state index < -0.39 is 70.9 Å². The van der Waals surface area contributed by atoms with Crippen molar-refractivity contribution in [3.8, 4) is 0 Å². The molecule has 0 aromatic rings. The van der Waals surface area contributed by atoms with Crippen LogP contribution in [-0.4, -0.2) is 68.5 Å². The van der Waals surface area contributed by atoms with Crippen LogP contribution < -0.4 is 0 Å². The average molecular weight is 384 g/mol. The van der Waals surface area contributed by atoms with E-state index >= 15 is 0 Å². The number of rotatable bonds is 2. The molecule has 2 aliphatic heterocycles. The quantitative estimate of drug-likeness (QED) is 0.440. The summed E-state index contributed by atoms with van der Waals surface area (Å²) in [7, 11) is 0. The van der Waals surface area contributed by atoms with E-state index in [0.717, 1.165) is 0 Å². The zero-order chi connectivity index (χ0) is 20.1. The number of fused-ring (bicyclic) bond motifs is 2. The minimum Gasteiger partial charge on any atom is -0.462 e. The van der Waals surface area contributed by atoms with E-state index in [0.29, 0.717) is 0 Å². The molecule has 1 spiro atoms. The zero-order valence-corrected chi connectivity index (χ0v) is 16.2. The summed E-state index contributed by atoms with van der Waals surface area (Å²) >= 11 is 0. The average Bonchev–Trinajstić information content (AvgIpc) is 3.18. The molecule has 0 bridgehead atoms. The fraction of sp³-hybridized carbons (Fsp3) is 0.895. The van der Waals surface area contributed by atoms with Crippen molar-refractivity contribution in [3.05, 3.63) is 0 Å². The third-order valence-electron chi connectivity index (χ3n) is 7.18. The van der Waals surface area contributed by atoms with Crippen LogP contribution in [0.3, 0.4) is 0 Å². The lowest BCUT2D eigenvalue weighted by atomic mass is 9.72. The van der Waals surface area contributed by atoms with Gasteiger partial charge in [-0.05, 0) is 13.8 Å². The monoisotopic (exact) mass is 384 g/mol. The van der Waals surface area contributed by atoms with Crippen molar-refractivity contribution in [2.45, 2.75) is 82.3 Å². The van der Waals surface area contributed by atoms with Crippen LogP contribution in [0.1, 0.15) is 41.0 Å². The fourth-order valence-electron chi connectivity index (χ4n) is 5.67. The van der Waals surface area contributed by atoms with E-state index in [1.54, 1.807) is 27.7 Å². The molecular weight excluding hydrogens is 356 g/mol. The maximum Gasteiger partial charge on any atom is 0.309 e.